The first kappa shape index (κ1) is 14.0. The van der Waals surface area contributed by atoms with Crippen molar-refractivity contribution in [1.82, 2.24) is 0 Å². The van der Waals surface area contributed by atoms with E-state index in [9.17, 15) is 0 Å². The van der Waals surface area contributed by atoms with Crippen molar-refractivity contribution in [3.05, 3.63) is 24.3 Å². The topological polar surface area (TPSA) is 0 Å². The van der Waals surface area contributed by atoms with Gasteiger partial charge in [0.2, 0.25) is 0 Å². The van der Waals surface area contributed by atoms with Gasteiger partial charge in [-0.1, -0.05) is 43.8 Å². The van der Waals surface area contributed by atoms with Crippen molar-refractivity contribution in [3.8, 4) is 11.8 Å². The summed E-state index contributed by atoms with van der Waals surface area (Å²) in [5, 5.41) is 0. The Morgan fingerprint density at radius 3 is 2.47 bits per heavy atom. The third kappa shape index (κ3) is 9.35. The lowest BCUT2D eigenvalue weighted by Crippen LogP contribution is -1.99. The van der Waals surface area contributed by atoms with Crippen LogP contribution in [0.3, 0.4) is 0 Å². The minimum Gasteiger partial charge on any atom is -0.103 e. The second-order valence-electron chi connectivity index (χ2n) is 4.86. The lowest BCUT2D eigenvalue weighted by Gasteiger charge is -2.07. The van der Waals surface area contributed by atoms with E-state index in [4.69, 9.17) is 0 Å². The molecule has 0 nitrogen and oxygen atoms in total. The number of hydrogen-bond donors (Lipinski definition) is 0. The van der Waals surface area contributed by atoms with E-state index < -0.39 is 0 Å². The Morgan fingerprint density at radius 1 is 1.33 bits per heavy atom. The number of hydrogen-bond acceptors (Lipinski definition) is 0. The van der Waals surface area contributed by atoms with Crippen LogP contribution in [0.15, 0.2) is 24.3 Å². The fourth-order valence-electron chi connectivity index (χ4n) is 1.09. The van der Waals surface area contributed by atoms with Gasteiger partial charge in [0.15, 0.2) is 0 Å². The van der Waals surface area contributed by atoms with Crippen LogP contribution in [0.2, 0.25) is 0 Å². The summed E-state index contributed by atoms with van der Waals surface area (Å²) in [7, 11) is 0. The van der Waals surface area contributed by atoms with Gasteiger partial charge >= 0.3 is 0 Å². The summed E-state index contributed by atoms with van der Waals surface area (Å²) in [6.07, 6.45) is 8.70. The molecule has 0 aromatic heterocycles. The van der Waals surface area contributed by atoms with Crippen LogP contribution >= 0.6 is 0 Å². The summed E-state index contributed by atoms with van der Waals surface area (Å²) in [5.74, 6) is 6.53. The lowest BCUT2D eigenvalue weighted by atomic mass is 9.97. The van der Waals surface area contributed by atoms with Gasteiger partial charge in [0.25, 0.3) is 0 Å². The minimum atomic E-state index is 0.0883. The van der Waals surface area contributed by atoms with Crippen molar-refractivity contribution < 1.29 is 0 Å². The maximum absolute atomic E-state index is 3.76. The maximum atomic E-state index is 3.76. The molecule has 0 heterocycles. The molecule has 0 atom stereocenters. The smallest absolute Gasteiger partial charge is 0.0233 e. The third-order valence-corrected chi connectivity index (χ3v) is 1.91. The van der Waals surface area contributed by atoms with Gasteiger partial charge in [0.1, 0.15) is 0 Å². The third-order valence-electron chi connectivity index (χ3n) is 1.91. The zero-order valence-corrected chi connectivity index (χ0v) is 10.7. The number of rotatable bonds is 5. The van der Waals surface area contributed by atoms with E-state index in [-0.39, 0.29) is 5.41 Å². The van der Waals surface area contributed by atoms with Gasteiger partial charge in [0, 0.05) is 11.0 Å². The zero-order chi connectivity index (χ0) is 11.7. The highest BCUT2D eigenvalue weighted by Gasteiger charge is 2.03. The molecule has 0 aliphatic carbocycles. The van der Waals surface area contributed by atoms with Crippen LogP contribution in [0.5, 0.6) is 0 Å². The van der Waals surface area contributed by atoms with Gasteiger partial charge in [-0.2, -0.15) is 0 Å². The van der Waals surface area contributed by atoms with E-state index in [2.05, 4.69) is 52.2 Å². The Kier molecular flexibility index (Phi) is 6.88. The van der Waals surface area contributed by atoms with Crippen molar-refractivity contribution in [3.63, 3.8) is 0 Å². The number of unbranched alkanes of at least 4 members (excludes halogenated alkanes) is 2. The molecule has 0 rings (SSSR count). The molecule has 15 heavy (non-hydrogen) atoms. The Morgan fingerprint density at radius 2 is 2.00 bits per heavy atom. The van der Waals surface area contributed by atoms with Crippen LogP contribution in [0, 0.1) is 17.3 Å². The summed E-state index contributed by atoms with van der Waals surface area (Å²) in [4.78, 5) is 0. The Labute approximate surface area is 95.5 Å². The van der Waals surface area contributed by atoms with Gasteiger partial charge in [-0.3, -0.25) is 0 Å². The van der Waals surface area contributed by atoms with E-state index in [1.54, 1.807) is 0 Å². The quantitative estimate of drug-likeness (QED) is 0.345. The van der Waals surface area contributed by atoms with E-state index >= 15 is 0 Å². The van der Waals surface area contributed by atoms with Crippen LogP contribution in [0.25, 0.3) is 0 Å². The summed E-state index contributed by atoms with van der Waals surface area (Å²) in [6, 6.07) is 0. The largest absolute Gasteiger partial charge is 0.103 e. The molecule has 0 aromatic carbocycles. The molecule has 0 aliphatic rings. The van der Waals surface area contributed by atoms with E-state index in [0.717, 1.165) is 12.8 Å². The van der Waals surface area contributed by atoms with Crippen LogP contribution in [0.1, 0.15) is 53.4 Å². The second-order valence-corrected chi connectivity index (χ2v) is 4.86. The Bertz CT molecular complexity index is 263. The minimum absolute atomic E-state index is 0.0883. The molecule has 0 aliphatic heterocycles. The molecular formula is C15H24. The zero-order valence-electron chi connectivity index (χ0n) is 10.7. The molecule has 0 heteroatoms. The van der Waals surface area contributed by atoms with Crippen molar-refractivity contribution in [2.24, 2.45) is 5.41 Å². The predicted octanol–water partition coefficient (Wildman–Crippen LogP) is 4.73. The van der Waals surface area contributed by atoms with Crippen LogP contribution in [-0.4, -0.2) is 0 Å². The second kappa shape index (κ2) is 7.35. The average molecular weight is 204 g/mol. The SMILES string of the molecule is C=CC/C(C#CC(C)(C)C)=C\CCCC. The first-order chi connectivity index (χ1) is 6.99. The summed E-state index contributed by atoms with van der Waals surface area (Å²) in [6.45, 7) is 12.4. The summed E-state index contributed by atoms with van der Waals surface area (Å²) >= 11 is 0. The van der Waals surface area contributed by atoms with Crippen LogP contribution in [0.4, 0.5) is 0 Å². The van der Waals surface area contributed by atoms with E-state index in [1.807, 2.05) is 6.08 Å². The molecule has 0 unspecified atom stereocenters. The molecule has 84 valence electrons. The fraction of sp³-hybridized carbons (Fsp3) is 0.600. The van der Waals surface area contributed by atoms with Gasteiger partial charge in [-0.05, 0) is 33.6 Å². The molecule has 0 saturated carbocycles. The van der Waals surface area contributed by atoms with Crippen LogP contribution < -0.4 is 0 Å². The molecule has 0 spiro atoms. The van der Waals surface area contributed by atoms with Crippen LogP contribution in [-0.2, 0) is 0 Å². The number of allylic oxidation sites excluding steroid dienone is 3. The molecule has 0 aromatic rings. The predicted molar refractivity (Wildman–Crippen MR) is 69.7 cm³/mol. The molecular weight excluding hydrogens is 180 g/mol. The Hall–Kier alpha value is -0.960. The van der Waals surface area contributed by atoms with Crippen molar-refractivity contribution in [1.29, 1.82) is 0 Å². The van der Waals surface area contributed by atoms with Gasteiger partial charge in [0.05, 0.1) is 0 Å². The Balaban J connectivity index is 4.43. The first-order valence-electron chi connectivity index (χ1n) is 5.82. The monoisotopic (exact) mass is 204 g/mol. The molecule has 0 bridgehead atoms. The van der Waals surface area contributed by atoms with Crippen molar-refractivity contribution >= 4 is 0 Å². The van der Waals surface area contributed by atoms with Gasteiger partial charge in [-0.25, -0.2) is 0 Å². The molecule has 0 N–H and O–H groups in total. The van der Waals surface area contributed by atoms with E-state index in [0.29, 0.717) is 0 Å². The highest BCUT2D eigenvalue weighted by molar-refractivity contribution is 5.31. The fourth-order valence-corrected chi connectivity index (χ4v) is 1.09. The highest BCUT2D eigenvalue weighted by atomic mass is 14.1. The van der Waals surface area contributed by atoms with Crippen molar-refractivity contribution in [2.75, 3.05) is 0 Å². The summed E-state index contributed by atoms with van der Waals surface area (Å²) < 4.78 is 0. The lowest BCUT2D eigenvalue weighted by molar-refractivity contribution is 0.571. The first-order valence-corrected chi connectivity index (χ1v) is 5.82. The molecule has 0 saturated heterocycles. The maximum Gasteiger partial charge on any atom is 0.0233 e. The summed E-state index contributed by atoms with van der Waals surface area (Å²) in [5.41, 5.74) is 1.30. The average Bonchev–Trinajstić information content (AvgIpc) is 2.13. The van der Waals surface area contributed by atoms with Gasteiger partial charge in [-0.15, -0.1) is 6.58 Å². The highest BCUT2D eigenvalue weighted by Crippen LogP contribution is 2.12. The van der Waals surface area contributed by atoms with Gasteiger partial charge < -0.3 is 0 Å². The van der Waals surface area contributed by atoms with Crippen molar-refractivity contribution in [2.45, 2.75) is 53.4 Å². The molecule has 0 amide bonds. The standard InChI is InChI=1S/C15H24/c1-6-8-9-11-14(10-7-2)12-13-15(3,4)5/h7,11H,2,6,8-10H2,1,3-5H3/b14-11+. The molecule has 0 radical (unpaired) electrons. The molecule has 0 fully saturated rings. The van der Waals surface area contributed by atoms with E-state index in [1.165, 1.54) is 18.4 Å². The normalized spacial score (nSPS) is 11.9.